The molecule has 1 aromatic heterocycles. The molecule has 19 heavy (non-hydrogen) atoms. The second-order valence-electron chi connectivity index (χ2n) is 5.67. The Bertz CT molecular complexity index is 490. The molecule has 1 rings (SSSR count). The normalized spacial score (nSPS) is 12.6. The van der Waals surface area contributed by atoms with Crippen LogP contribution in [0.25, 0.3) is 0 Å². The van der Waals surface area contributed by atoms with Crippen LogP contribution < -0.4 is 10.0 Å². The van der Waals surface area contributed by atoms with Crippen LogP contribution in [-0.2, 0) is 16.6 Å². The summed E-state index contributed by atoms with van der Waals surface area (Å²) in [7, 11) is -3.51. The van der Waals surface area contributed by atoms with Gasteiger partial charge in [-0.1, -0.05) is 33.8 Å². The van der Waals surface area contributed by atoms with Crippen LogP contribution in [0.1, 0.15) is 33.3 Å². The Morgan fingerprint density at radius 1 is 1.26 bits per heavy atom. The Morgan fingerprint density at radius 2 is 1.95 bits per heavy atom. The van der Waals surface area contributed by atoms with Gasteiger partial charge >= 0.3 is 0 Å². The van der Waals surface area contributed by atoms with Crippen molar-refractivity contribution in [3.05, 3.63) is 23.9 Å². The van der Waals surface area contributed by atoms with Crippen LogP contribution in [0.4, 0.5) is 0 Å². The van der Waals surface area contributed by atoms with Gasteiger partial charge in [0.15, 0.2) is 5.03 Å². The van der Waals surface area contributed by atoms with Crippen LogP contribution in [-0.4, -0.2) is 26.5 Å². The van der Waals surface area contributed by atoms with Crippen LogP contribution in [0.5, 0.6) is 0 Å². The number of nitrogens with zero attached hydrogens (tertiary/aromatic N) is 1. The van der Waals surface area contributed by atoms with Crippen molar-refractivity contribution in [2.75, 3.05) is 13.1 Å². The minimum atomic E-state index is -3.51. The Hall–Kier alpha value is -0.980. The molecule has 0 bridgehead atoms. The number of rotatable bonds is 6. The van der Waals surface area contributed by atoms with Gasteiger partial charge in [0, 0.05) is 19.3 Å². The SMILES string of the molecule is CCNCc1ccc(S(=O)(=O)NCC(C)(C)C)nc1. The Morgan fingerprint density at radius 3 is 2.42 bits per heavy atom. The summed E-state index contributed by atoms with van der Waals surface area (Å²) in [6.45, 7) is 9.89. The van der Waals surface area contributed by atoms with E-state index in [1.807, 2.05) is 27.7 Å². The lowest BCUT2D eigenvalue weighted by Crippen LogP contribution is -2.32. The number of hydrogen-bond acceptors (Lipinski definition) is 4. The van der Waals surface area contributed by atoms with Crippen molar-refractivity contribution in [1.82, 2.24) is 15.0 Å². The zero-order valence-electron chi connectivity index (χ0n) is 12.0. The smallest absolute Gasteiger partial charge is 0.258 e. The maximum Gasteiger partial charge on any atom is 0.258 e. The lowest BCUT2D eigenvalue weighted by atomic mass is 9.98. The number of sulfonamides is 1. The fraction of sp³-hybridized carbons (Fsp3) is 0.615. The van der Waals surface area contributed by atoms with E-state index in [1.165, 1.54) is 6.07 Å². The molecule has 1 aromatic rings. The molecular weight excluding hydrogens is 262 g/mol. The first-order chi connectivity index (χ1) is 8.74. The first-order valence-corrected chi connectivity index (χ1v) is 7.88. The molecule has 108 valence electrons. The van der Waals surface area contributed by atoms with E-state index in [2.05, 4.69) is 15.0 Å². The Balaban J connectivity index is 2.73. The maximum atomic E-state index is 12.0. The number of hydrogen-bond donors (Lipinski definition) is 2. The van der Waals surface area contributed by atoms with Gasteiger partial charge in [-0.05, 0) is 23.6 Å². The summed E-state index contributed by atoms with van der Waals surface area (Å²) in [4.78, 5) is 4.01. The molecule has 5 nitrogen and oxygen atoms in total. The summed E-state index contributed by atoms with van der Waals surface area (Å²) in [5.74, 6) is 0. The third-order valence-corrected chi connectivity index (χ3v) is 3.76. The average Bonchev–Trinajstić information content (AvgIpc) is 2.34. The molecule has 0 aliphatic heterocycles. The quantitative estimate of drug-likeness (QED) is 0.831. The van der Waals surface area contributed by atoms with E-state index >= 15 is 0 Å². The molecule has 0 amide bonds. The fourth-order valence-electron chi connectivity index (χ4n) is 1.33. The largest absolute Gasteiger partial charge is 0.313 e. The summed E-state index contributed by atoms with van der Waals surface area (Å²) in [6.07, 6.45) is 1.59. The van der Waals surface area contributed by atoms with Crippen LogP contribution in [0.15, 0.2) is 23.4 Å². The summed E-state index contributed by atoms with van der Waals surface area (Å²) in [6, 6.07) is 3.32. The summed E-state index contributed by atoms with van der Waals surface area (Å²) in [5.41, 5.74) is 0.870. The highest BCUT2D eigenvalue weighted by Crippen LogP contribution is 2.13. The number of pyridine rings is 1. The standard InChI is InChI=1S/C13H23N3O2S/c1-5-14-8-11-6-7-12(15-9-11)19(17,18)16-10-13(2,3)4/h6-7,9,14,16H,5,8,10H2,1-4H3. The first-order valence-electron chi connectivity index (χ1n) is 6.40. The molecule has 0 spiro atoms. The molecule has 0 atom stereocenters. The van der Waals surface area contributed by atoms with E-state index in [1.54, 1.807) is 12.3 Å². The van der Waals surface area contributed by atoms with Gasteiger partial charge in [-0.25, -0.2) is 18.1 Å². The monoisotopic (exact) mass is 285 g/mol. The summed E-state index contributed by atoms with van der Waals surface area (Å²) < 4.78 is 26.6. The molecule has 0 aliphatic rings. The molecule has 2 N–H and O–H groups in total. The third-order valence-electron chi connectivity index (χ3n) is 2.44. The Labute approximate surface area is 115 Å². The van der Waals surface area contributed by atoms with E-state index < -0.39 is 10.0 Å². The van der Waals surface area contributed by atoms with Crippen LogP contribution in [0.2, 0.25) is 0 Å². The molecule has 0 aliphatic carbocycles. The van der Waals surface area contributed by atoms with Gasteiger partial charge in [0.2, 0.25) is 0 Å². The predicted octanol–water partition coefficient (Wildman–Crippen LogP) is 1.52. The predicted molar refractivity (Wildman–Crippen MR) is 76.3 cm³/mol. The minimum Gasteiger partial charge on any atom is -0.313 e. The molecule has 0 radical (unpaired) electrons. The van der Waals surface area contributed by atoms with Crippen molar-refractivity contribution in [2.24, 2.45) is 5.41 Å². The van der Waals surface area contributed by atoms with Gasteiger partial charge in [0.25, 0.3) is 10.0 Å². The van der Waals surface area contributed by atoms with Gasteiger partial charge < -0.3 is 5.32 Å². The van der Waals surface area contributed by atoms with Crippen molar-refractivity contribution in [2.45, 2.75) is 39.3 Å². The van der Waals surface area contributed by atoms with Crippen molar-refractivity contribution < 1.29 is 8.42 Å². The van der Waals surface area contributed by atoms with Gasteiger partial charge in [0.05, 0.1) is 0 Å². The number of aromatic nitrogens is 1. The third kappa shape index (κ3) is 5.67. The average molecular weight is 285 g/mol. The molecule has 0 saturated carbocycles. The Kier molecular flexibility index (Phi) is 5.46. The van der Waals surface area contributed by atoms with Crippen molar-refractivity contribution in [1.29, 1.82) is 0 Å². The molecule has 0 aromatic carbocycles. The fourth-order valence-corrected chi connectivity index (χ4v) is 2.54. The van der Waals surface area contributed by atoms with Crippen LogP contribution >= 0.6 is 0 Å². The van der Waals surface area contributed by atoms with E-state index in [4.69, 9.17) is 0 Å². The first kappa shape index (κ1) is 16.1. The highest BCUT2D eigenvalue weighted by atomic mass is 32.2. The maximum absolute atomic E-state index is 12.0. The zero-order valence-corrected chi connectivity index (χ0v) is 12.8. The van der Waals surface area contributed by atoms with Crippen LogP contribution in [0.3, 0.4) is 0 Å². The molecule has 0 unspecified atom stereocenters. The van der Waals surface area contributed by atoms with Gasteiger partial charge in [-0.15, -0.1) is 0 Å². The molecule has 0 fully saturated rings. The number of nitrogens with one attached hydrogen (secondary N) is 2. The molecule has 6 heteroatoms. The van der Waals surface area contributed by atoms with E-state index in [0.717, 1.165) is 12.1 Å². The second kappa shape index (κ2) is 6.45. The highest BCUT2D eigenvalue weighted by Gasteiger charge is 2.19. The van der Waals surface area contributed by atoms with Gasteiger partial charge in [-0.2, -0.15) is 0 Å². The van der Waals surface area contributed by atoms with E-state index in [-0.39, 0.29) is 10.4 Å². The summed E-state index contributed by atoms with van der Waals surface area (Å²) >= 11 is 0. The van der Waals surface area contributed by atoms with E-state index in [9.17, 15) is 8.42 Å². The van der Waals surface area contributed by atoms with E-state index in [0.29, 0.717) is 13.1 Å². The minimum absolute atomic E-state index is 0.0667. The van der Waals surface area contributed by atoms with Crippen molar-refractivity contribution in [3.63, 3.8) is 0 Å². The lowest BCUT2D eigenvalue weighted by Gasteiger charge is -2.18. The second-order valence-corrected chi connectivity index (χ2v) is 7.38. The lowest BCUT2D eigenvalue weighted by molar-refractivity contribution is 0.407. The summed E-state index contributed by atoms with van der Waals surface area (Å²) in [5, 5.41) is 3.23. The highest BCUT2D eigenvalue weighted by molar-refractivity contribution is 7.89. The van der Waals surface area contributed by atoms with Crippen LogP contribution in [0, 0.1) is 5.41 Å². The van der Waals surface area contributed by atoms with Gasteiger partial charge in [-0.3, -0.25) is 0 Å². The topological polar surface area (TPSA) is 71.1 Å². The van der Waals surface area contributed by atoms with Gasteiger partial charge in [0.1, 0.15) is 0 Å². The zero-order chi connectivity index (χ0) is 14.5. The molecule has 0 saturated heterocycles. The molecule has 1 heterocycles. The van der Waals surface area contributed by atoms with Crippen molar-refractivity contribution in [3.8, 4) is 0 Å². The van der Waals surface area contributed by atoms with Crippen molar-refractivity contribution >= 4 is 10.0 Å². The molecular formula is C13H23N3O2S.